The maximum atomic E-state index is 12.8. The number of halogens is 3. The Hall–Kier alpha value is -2.57. The van der Waals surface area contributed by atoms with Crippen LogP contribution in [-0.4, -0.2) is 28.0 Å². The van der Waals surface area contributed by atoms with Gasteiger partial charge in [0, 0.05) is 72.5 Å². The molecule has 1 radical (unpaired) electrons. The van der Waals surface area contributed by atoms with Crippen molar-refractivity contribution in [1.82, 2.24) is 0 Å². The summed E-state index contributed by atoms with van der Waals surface area (Å²) in [4.78, 5) is 25.5. The molecule has 0 aliphatic heterocycles. The molecule has 4 aromatic rings. The molecule has 3 aromatic carbocycles. The first-order valence-corrected chi connectivity index (χ1v) is 9.09. The molecule has 1 aromatic heterocycles. The summed E-state index contributed by atoms with van der Waals surface area (Å²) in [5, 5.41) is 10.0. The Morgan fingerprint density at radius 1 is 0.824 bits per heavy atom. The monoisotopic (exact) mass is 614 g/mol. The predicted octanol–water partition coefficient (Wildman–Crippen LogP) is 4.06. The molecule has 11 heteroatoms. The molecule has 7 nitrogen and oxygen atoms in total. The minimum absolute atomic E-state index is 0. The van der Waals surface area contributed by atoms with Crippen LogP contribution in [0.2, 0.25) is 0 Å². The summed E-state index contributed by atoms with van der Waals surface area (Å²) >= 11 is 0. The molecule has 0 bridgehead atoms. The first kappa shape index (κ1) is 29.5. The summed E-state index contributed by atoms with van der Waals surface area (Å²) in [6.07, 6.45) is -5.32. The summed E-state index contributed by atoms with van der Waals surface area (Å²) in [6.45, 7) is 0. The van der Waals surface area contributed by atoms with E-state index >= 15 is 0 Å². The largest absolute Gasteiger partial charge is 0.506 e. The number of Topliss-reactive ketones (excluding diaryl/α,β-unsaturated/α-hetero) is 1. The van der Waals surface area contributed by atoms with Gasteiger partial charge >= 0.3 is 11.8 Å². The zero-order valence-corrected chi connectivity index (χ0v) is 19.6. The molecule has 0 atom stereocenters. The van der Waals surface area contributed by atoms with Crippen molar-refractivity contribution in [2.75, 3.05) is 4.90 Å². The quantitative estimate of drug-likeness (QED) is 0.274. The van der Waals surface area contributed by atoms with Crippen LogP contribution in [0.4, 0.5) is 30.2 Å². The molecule has 0 aliphatic rings. The fraction of sp³-hybridized carbons (Fsp3) is 0.0435. The molecular formula is C23H18EuF3NO6. The fourth-order valence-electron chi connectivity index (χ4n) is 3.26. The smallest absolute Gasteiger partial charge is 0.455 e. The first-order valence-electron chi connectivity index (χ1n) is 9.09. The van der Waals surface area contributed by atoms with Crippen molar-refractivity contribution < 1.29 is 87.8 Å². The Morgan fingerprint density at radius 3 is 1.79 bits per heavy atom. The number of ketones is 1. The van der Waals surface area contributed by atoms with Crippen LogP contribution in [-0.2, 0) is 0 Å². The number of fused-ring (bicyclic) bond motifs is 1. The van der Waals surface area contributed by atoms with Crippen LogP contribution in [0.25, 0.3) is 11.0 Å². The van der Waals surface area contributed by atoms with Gasteiger partial charge in [-0.3, -0.25) is 4.79 Å². The van der Waals surface area contributed by atoms with Crippen molar-refractivity contribution in [3.63, 3.8) is 0 Å². The normalized spacial score (nSPS) is 10.4. The summed E-state index contributed by atoms with van der Waals surface area (Å²) in [6, 6.07) is 22.8. The van der Waals surface area contributed by atoms with Crippen molar-refractivity contribution in [3.05, 3.63) is 94.8 Å². The van der Waals surface area contributed by atoms with Crippen molar-refractivity contribution >= 4 is 33.8 Å². The van der Waals surface area contributed by atoms with Crippen LogP contribution in [0.1, 0.15) is 10.4 Å². The van der Waals surface area contributed by atoms with E-state index in [1.165, 1.54) is 12.1 Å². The molecule has 0 saturated carbocycles. The van der Waals surface area contributed by atoms with Crippen LogP contribution >= 0.6 is 0 Å². The molecule has 0 aliphatic carbocycles. The van der Waals surface area contributed by atoms with Crippen molar-refractivity contribution in [2.45, 2.75) is 6.18 Å². The number of hydrogen-bond acceptors (Lipinski definition) is 5. The van der Waals surface area contributed by atoms with Crippen LogP contribution in [0.5, 0.6) is 5.75 Å². The van der Waals surface area contributed by atoms with E-state index in [0.29, 0.717) is 5.69 Å². The average molecular weight is 613 g/mol. The van der Waals surface area contributed by atoms with Gasteiger partial charge in [-0.15, -0.1) is 0 Å². The van der Waals surface area contributed by atoms with Gasteiger partial charge in [-0.1, -0.05) is 36.4 Å². The van der Waals surface area contributed by atoms with Crippen molar-refractivity contribution in [2.24, 2.45) is 0 Å². The van der Waals surface area contributed by atoms with E-state index in [4.69, 9.17) is 4.42 Å². The number of benzene rings is 3. The first-order chi connectivity index (χ1) is 14.8. The van der Waals surface area contributed by atoms with Crippen molar-refractivity contribution in [3.8, 4) is 5.75 Å². The number of aromatic hydroxyl groups is 1. The van der Waals surface area contributed by atoms with E-state index in [2.05, 4.69) is 0 Å². The third-order valence-electron chi connectivity index (χ3n) is 4.64. The van der Waals surface area contributed by atoms with Gasteiger partial charge in [0.1, 0.15) is 11.3 Å². The fourth-order valence-corrected chi connectivity index (χ4v) is 3.26. The number of hydrogen-bond donors (Lipinski definition) is 1. The maximum absolute atomic E-state index is 12.8. The summed E-state index contributed by atoms with van der Waals surface area (Å²) < 4.78 is 43.4. The van der Waals surface area contributed by atoms with E-state index in [0.717, 1.165) is 11.4 Å². The second kappa shape index (κ2) is 11.7. The summed E-state index contributed by atoms with van der Waals surface area (Å²) in [5.74, 6) is -3.52. The van der Waals surface area contributed by atoms with E-state index < -0.39 is 28.9 Å². The molecular weight excluding hydrogens is 595 g/mol. The minimum atomic E-state index is -5.32. The van der Waals surface area contributed by atoms with Gasteiger partial charge in [0.2, 0.25) is 0 Å². The third kappa shape index (κ3) is 5.73. The molecule has 34 heavy (non-hydrogen) atoms. The Bertz CT molecular complexity index is 1290. The second-order valence-electron chi connectivity index (χ2n) is 6.63. The van der Waals surface area contributed by atoms with Crippen LogP contribution in [0.3, 0.4) is 0 Å². The van der Waals surface area contributed by atoms with E-state index in [-0.39, 0.29) is 71.3 Å². The predicted molar refractivity (Wildman–Crippen MR) is 116 cm³/mol. The standard InChI is InChI=1S/C23H14F3NO4.Eu.2H2O/c24-23(25,26)21(29)19-20(28)17-12-11-16(13-18(17)31-22(19)30)27(14-7-3-1-4-8-14)15-9-5-2-6-10-15;;;/h1-13,28H;;2*1H2. The summed E-state index contributed by atoms with van der Waals surface area (Å²) in [7, 11) is 0. The molecule has 1 heterocycles. The van der Waals surface area contributed by atoms with Crippen LogP contribution in [0, 0.1) is 49.4 Å². The molecule has 0 saturated heterocycles. The Balaban J connectivity index is 0.00000193. The number of nitrogens with zero attached hydrogens (tertiary/aromatic N) is 1. The number of rotatable bonds is 4. The Labute approximate surface area is 231 Å². The number of alkyl halides is 3. The molecule has 5 N–H and O–H groups in total. The molecule has 0 spiro atoms. The summed E-state index contributed by atoms with van der Waals surface area (Å²) in [5.41, 5.74) is -1.06. The van der Waals surface area contributed by atoms with Gasteiger partial charge in [0.25, 0.3) is 5.78 Å². The van der Waals surface area contributed by atoms with Crippen LogP contribution in [0.15, 0.2) is 88.1 Å². The van der Waals surface area contributed by atoms with Gasteiger partial charge in [-0.05, 0) is 36.4 Å². The van der Waals surface area contributed by atoms with E-state index in [1.54, 1.807) is 6.07 Å². The molecule has 0 fully saturated rings. The number of para-hydroxylation sites is 2. The topological polar surface area (TPSA) is 134 Å². The van der Waals surface area contributed by atoms with Gasteiger partial charge in [0.05, 0.1) is 5.39 Å². The van der Waals surface area contributed by atoms with Crippen molar-refractivity contribution in [1.29, 1.82) is 0 Å². The second-order valence-corrected chi connectivity index (χ2v) is 6.63. The molecule has 179 valence electrons. The van der Waals surface area contributed by atoms with Gasteiger partial charge < -0.3 is 25.4 Å². The maximum Gasteiger partial charge on any atom is 0.455 e. The van der Waals surface area contributed by atoms with Gasteiger partial charge in [0.15, 0.2) is 5.56 Å². The molecule has 4 rings (SSSR count). The average Bonchev–Trinajstić information content (AvgIpc) is 2.74. The third-order valence-corrected chi connectivity index (χ3v) is 4.64. The van der Waals surface area contributed by atoms with Gasteiger partial charge in [-0.25, -0.2) is 4.79 Å². The molecule has 0 unspecified atom stereocenters. The number of carbonyl (C=O) groups is 1. The number of anilines is 3. The SMILES string of the molecule is O.O.O=C(c1c(O)c2ccc(N(c3ccccc3)c3ccccc3)cc2oc1=O)C(F)(F)F.[Eu]. The number of carbonyl (C=O) groups excluding carboxylic acids is 1. The minimum Gasteiger partial charge on any atom is -0.506 e. The zero-order chi connectivity index (χ0) is 22.2. The Kier molecular flexibility index (Phi) is 10.2. The van der Waals surface area contributed by atoms with Gasteiger partial charge in [-0.2, -0.15) is 13.2 Å². The van der Waals surface area contributed by atoms with E-state index in [9.17, 15) is 27.9 Å². The van der Waals surface area contributed by atoms with Crippen LogP contribution < -0.4 is 10.5 Å². The Morgan fingerprint density at radius 2 is 1.32 bits per heavy atom. The van der Waals surface area contributed by atoms with E-state index in [1.807, 2.05) is 65.6 Å². The zero-order valence-electron chi connectivity index (χ0n) is 17.1. The molecule has 0 amide bonds.